The zero-order valence-electron chi connectivity index (χ0n) is 9.11. The largest absolute Gasteiger partial charge is 0.463 e. The number of hydrogen-bond acceptors (Lipinski definition) is 3. The number of hydrogen-bond donors (Lipinski definition) is 1. The lowest BCUT2D eigenvalue weighted by molar-refractivity contribution is 0.432. The Labute approximate surface area is 108 Å². The van der Waals surface area contributed by atoms with Gasteiger partial charge in [0.1, 0.15) is 11.5 Å². The summed E-state index contributed by atoms with van der Waals surface area (Å²) >= 11 is 2.24. The predicted molar refractivity (Wildman–Crippen MR) is 70.1 cm³/mol. The molecule has 2 rings (SSSR count). The minimum Gasteiger partial charge on any atom is -0.463 e. The Morgan fingerprint density at radius 3 is 2.94 bits per heavy atom. The summed E-state index contributed by atoms with van der Waals surface area (Å²) in [6.45, 7) is 4.51. The van der Waals surface area contributed by atoms with Crippen molar-refractivity contribution >= 4 is 22.6 Å². The third-order valence-corrected chi connectivity index (χ3v) is 2.74. The van der Waals surface area contributed by atoms with Gasteiger partial charge in [0.05, 0.1) is 22.9 Å². The number of furan rings is 1. The summed E-state index contributed by atoms with van der Waals surface area (Å²) in [6, 6.07) is 4.01. The van der Waals surface area contributed by atoms with Crippen molar-refractivity contribution in [1.29, 1.82) is 0 Å². The molecule has 0 radical (unpaired) electrons. The molecule has 2 aromatic rings. The van der Waals surface area contributed by atoms with E-state index in [0.29, 0.717) is 6.54 Å². The summed E-state index contributed by atoms with van der Waals surface area (Å²) < 4.78 is 8.68. The third kappa shape index (κ3) is 3.08. The first kappa shape index (κ1) is 11.7. The van der Waals surface area contributed by atoms with E-state index in [1.807, 2.05) is 29.2 Å². The number of halogens is 1. The molecular weight excluding hydrogens is 317 g/mol. The summed E-state index contributed by atoms with van der Waals surface area (Å²) in [6.07, 6.45) is 3.83. The smallest absolute Gasteiger partial charge is 0.125 e. The molecule has 0 aliphatic heterocycles. The van der Waals surface area contributed by atoms with Gasteiger partial charge in [0.2, 0.25) is 0 Å². The highest BCUT2D eigenvalue weighted by atomic mass is 127. The molecule has 0 atom stereocenters. The molecule has 0 saturated heterocycles. The third-order valence-electron chi connectivity index (χ3n) is 2.19. The van der Waals surface area contributed by atoms with E-state index in [0.717, 1.165) is 28.2 Å². The molecule has 0 aromatic carbocycles. The zero-order valence-corrected chi connectivity index (χ0v) is 11.3. The summed E-state index contributed by atoms with van der Waals surface area (Å²) in [5, 5.41) is 7.44. The molecule has 0 saturated carbocycles. The molecule has 0 unspecified atom stereocenters. The minimum atomic E-state index is 0.690. The number of rotatable bonds is 5. The van der Waals surface area contributed by atoms with E-state index >= 15 is 0 Å². The molecule has 1 N–H and O–H groups in total. The van der Waals surface area contributed by atoms with Gasteiger partial charge in [0.25, 0.3) is 0 Å². The van der Waals surface area contributed by atoms with Crippen LogP contribution in [0, 0.1) is 3.57 Å². The van der Waals surface area contributed by atoms with Crippen molar-refractivity contribution in [2.75, 3.05) is 6.54 Å². The standard InChI is InChI=1S/C11H14IN3O/c1-2-13-6-10-3-4-11(16-10)8-15-7-9(12)5-14-15/h3-5,7,13H,2,6,8H2,1H3. The van der Waals surface area contributed by atoms with Crippen LogP contribution in [0.4, 0.5) is 0 Å². The first-order valence-corrected chi connectivity index (χ1v) is 6.32. The van der Waals surface area contributed by atoms with Gasteiger partial charge < -0.3 is 9.73 Å². The van der Waals surface area contributed by atoms with Gasteiger partial charge in [-0.25, -0.2) is 0 Å². The van der Waals surface area contributed by atoms with Gasteiger partial charge in [-0.1, -0.05) is 6.92 Å². The van der Waals surface area contributed by atoms with Gasteiger partial charge in [0, 0.05) is 6.20 Å². The Morgan fingerprint density at radius 1 is 1.44 bits per heavy atom. The Morgan fingerprint density at radius 2 is 2.25 bits per heavy atom. The molecule has 0 aliphatic carbocycles. The molecule has 86 valence electrons. The van der Waals surface area contributed by atoms with E-state index < -0.39 is 0 Å². The van der Waals surface area contributed by atoms with E-state index in [9.17, 15) is 0 Å². The molecule has 0 spiro atoms. The fourth-order valence-corrected chi connectivity index (χ4v) is 1.88. The Balaban J connectivity index is 1.97. The Hall–Kier alpha value is -0.820. The Bertz CT molecular complexity index is 450. The molecule has 4 nitrogen and oxygen atoms in total. The van der Waals surface area contributed by atoms with Crippen LogP contribution < -0.4 is 5.32 Å². The summed E-state index contributed by atoms with van der Waals surface area (Å²) in [4.78, 5) is 0. The maximum Gasteiger partial charge on any atom is 0.125 e. The van der Waals surface area contributed by atoms with Crippen molar-refractivity contribution in [1.82, 2.24) is 15.1 Å². The Kier molecular flexibility index (Phi) is 4.00. The SMILES string of the molecule is CCNCc1ccc(Cn2cc(I)cn2)o1. The highest BCUT2D eigenvalue weighted by Gasteiger charge is 2.03. The van der Waals surface area contributed by atoms with Gasteiger partial charge in [-0.3, -0.25) is 4.68 Å². The fourth-order valence-electron chi connectivity index (χ4n) is 1.43. The lowest BCUT2D eigenvalue weighted by Crippen LogP contribution is -2.10. The van der Waals surface area contributed by atoms with Crippen molar-refractivity contribution in [2.24, 2.45) is 0 Å². The molecular formula is C11H14IN3O. The van der Waals surface area contributed by atoms with Gasteiger partial charge in [0.15, 0.2) is 0 Å². The minimum absolute atomic E-state index is 0.690. The van der Waals surface area contributed by atoms with E-state index in [-0.39, 0.29) is 0 Å². The lowest BCUT2D eigenvalue weighted by atomic mass is 10.4. The molecule has 16 heavy (non-hydrogen) atoms. The second-order valence-corrected chi connectivity index (χ2v) is 4.75. The van der Waals surface area contributed by atoms with Crippen LogP contribution in [0.3, 0.4) is 0 Å². The predicted octanol–water partition coefficient (Wildman–Crippen LogP) is 2.24. The highest BCUT2D eigenvalue weighted by Crippen LogP contribution is 2.10. The molecule has 0 fully saturated rings. The first-order chi connectivity index (χ1) is 7.78. The van der Waals surface area contributed by atoms with Crippen LogP contribution in [0.2, 0.25) is 0 Å². The average Bonchev–Trinajstić information content (AvgIpc) is 2.86. The monoisotopic (exact) mass is 331 g/mol. The van der Waals surface area contributed by atoms with Crippen molar-refractivity contribution in [3.05, 3.63) is 39.6 Å². The van der Waals surface area contributed by atoms with E-state index in [4.69, 9.17) is 4.42 Å². The average molecular weight is 331 g/mol. The van der Waals surface area contributed by atoms with Crippen LogP contribution in [0.15, 0.2) is 28.9 Å². The fraction of sp³-hybridized carbons (Fsp3) is 0.364. The molecule has 0 amide bonds. The van der Waals surface area contributed by atoms with Crippen LogP contribution in [0.5, 0.6) is 0 Å². The number of nitrogens with zero attached hydrogens (tertiary/aromatic N) is 2. The molecule has 0 bridgehead atoms. The second kappa shape index (κ2) is 5.49. The van der Waals surface area contributed by atoms with Crippen molar-refractivity contribution in [3.8, 4) is 0 Å². The maximum atomic E-state index is 5.67. The molecule has 2 aromatic heterocycles. The normalized spacial score (nSPS) is 10.9. The van der Waals surface area contributed by atoms with E-state index in [1.165, 1.54) is 0 Å². The summed E-state index contributed by atoms with van der Waals surface area (Å²) in [5.74, 6) is 1.91. The zero-order chi connectivity index (χ0) is 11.4. The van der Waals surface area contributed by atoms with Gasteiger partial charge >= 0.3 is 0 Å². The van der Waals surface area contributed by atoms with Crippen LogP contribution in [0.25, 0.3) is 0 Å². The van der Waals surface area contributed by atoms with Crippen LogP contribution >= 0.6 is 22.6 Å². The topological polar surface area (TPSA) is 43.0 Å². The molecule has 5 heteroatoms. The lowest BCUT2D eigenvalue weighted by Gasteiger charge is -1.98. The highest BCUT2D eigenvalue weighted by molar-refractivity contribution is 14.1. The van der Waals surface area contributed by atoms with Crippen LogP contribution in [-0.4, -0.2) is 16.3 Å². The number of nitrogens with one attached hydrogen (secondary N) is 1. The molecule has 2 heterocycles. The second-order valence-electron chi connectivity index (χ2n) is 3.50. The van der Waals surface area contributed by atoms with Crippen molar-refractivity contribution in [3.63, 3.8) is 0 Å². The maximum absolute atomic E-state index is 5.67. The van der Waals surface area contributed by atoms with E-state index in [2.05, 4.69) is 39.9 Å². The van der Waals surface area contributed by atoms with Crippen LogP contribution in [-0.2, 0) is 13.1 Å². The van der Waals surface area contributed by atoms with Gasteiger partial charge in [-0.05, 0) is 41.3 Å². The van der Waals surface area contributed by atoms with E-state index in [1.54, 1.807) is 0 Å². The first-order valence-electron chi connectivity index (χ1n) is 5.24. The van der Waals surface area contributed by atoms with Crippen molar-refractivity contribution in [2.45, 2.75) is 20.0 Å². The number of aromatic nitrogens is 2. The molecule has 0 aliphatic rings. The van der Waals surface area contributed by atoms with Gasteiger partial charge in [-0.2, -0.15) is 5.10 Å². The quantitative estimate of drug-likeness (QED) is 0.855. The van der Waals surface area contributed by atoms with Gasteiger partial charge in [-0.15, -0.1) is 0 Å². The summed E-state index contributed by atoms with van der Waals surface area (Å²) in [5.41, 5.74) is 0. The van der Waals surface area contributed by atoms with Crippen LogP contribution in [0.1, 0.15) is 18.4 Å². The van der Waals surface area contributed by atoms with Crippen molar-refractivity contribution < 1.29 is 4.42 Å². The summed E-state index contributed by atoms with van der Waals surface area (Å²) in [7, 11) is 0.